The number of nitrogens with one attached hydrogen (secondary N) is 1. The molecule has 0 fully saturated rings. The van der Waals surface area contributed by atoms with E-state index < -0.39 is 23.5 Å². The topological polar surface area (TPSA) is 42.0 Å². The molecule has 0 bridgehead atoms. The molecular formula is C12H6BrF3N2O. The van der Waals surface area contributed by atoms with E-state index in [-0.39, 0.29) is 15.7 Å². The summed E-state index contributed by atoms with van der Waals surface area (Å²) in [6, 6.07) is 4.21. The highest BCUT2D eigenvalue weighted by molar-refractivity contribution is 9.10. The van der Waals surface area contributed by atoms with Gasteiger partial charge in [0.2, 0.25) is 5.95 Å². The van der Waals surface area contributed by atoms with Crippen molar-refractivity contribution in [3.05, 3.63) is 58.1 Å². The highest BCUT2D eigenvalue weighted by atomic mass is 79.9. The zero-order valence-electron chi connectivity index (χ0n) is 9.25. The van der Waals surface area contributed by atoms with Gasteiger partial charge in [-0.2, -0.15) is 4.39 Å². The molecule has 1 amide bonds. The number of hydrogen-bond donors (Lipinski definition) is 1. The third kappa shape index (κ3) is 2.93. The number of anilines is 1. The minimum Gasteiger partial charge on any atom is -0.319 e. The fourth-order valence-electron chi connectivity index (χ4n) is 1.36. The van der Waals surface area contributed by atoms with Crippen LogP contribution in [0.25, 0.3) is 0 Å². The second-order valence-electron chi connectivity index (χ2n) is 3.54. The van der Waals surface area contributed by atoms with Gasteiger partial charge in [-0.1, -0.05) is 0 Å². The molecule has 0 saturated heterocycles. The maximum absolute atomic E-state index is 13.5. The van der Waals surface area contributed by atoms with Crippen LogP contribution in [0, 0.1) is 17.6 Å². The van der Waals surface area contributed by atoms with Crippen molar-refractivity contribution in [2.75, 3.05) is 5.32 Å². The molecule has 1 aromatic carbocycles. The first-order valence-electron chi connectivity index (χ1n) is 5.05. The fraction of sp³-hybridized carbons (Fsp3) is 0. The van der Waals surface area contributed by atoms with Crippen molar-refractivity contribution in [3.63, 3.8) is 0 Å². The van der Waals surface area contributed by atoms with Gasteiger partial charge in [0.05, 0.1) is 15.7 Å². The van der Waals surface area contributed by atoms with Crippen LogP contribution in [0.15, 0.2) is 34.9 Å². The van der Waals surface area contributed by atoms with E-state index in [4.69, 9.17) is 0 Å². The van der Waals surface area contributed by atoms with Crippen molar-refractivity contribution in [2.45, 2.75) is 0 Å². The Morgan fingerprint density at radius 1 is 1.21 bits per heavy atom. The summed E-state index contributed by atoms with van der Waals surface area (Å²) in [7, 11) is 0. The lowest BCUT2D eigenvalue weighted by Crippen LogP contribution is -2.15. The molecule has 3 nitrogen and oxygen atoms in total. The fourth-order valence-corrected chi connectivity index (χ4v) is 1.68. The highest BCUT2D eigenvalue weighted by Crippen LogP contribution is 2.23. The quantitative estimate of drug-likeness (QED) is 0.676. The van der Waals surface area contributed by atoms with Crippen LogP contribution in [0.2, 0.25) is 0 Å². The van der Waals surface area contributed by atoms with Crippen molar-refractivity contribution in [1.82, 2.24) is 4.98 Å². The van der Waals surface area contributed by atoms with Gasteiger partial charge in [-0.15, -0.1) is 0 Å². The molecule has 2 aromatic rings. The smallest absolute Gasteiger partial charge is 0.260 e. The molecule has 1 heterocycles. The third-order valence-corrected chi connectivity index (χ3v) is 2.87. The van der Waals surface area contributed by atoms with Gasteiger partial charge in [0.1, 0.15) is 11.6 Å². The van der Waals surface area contributed by atoms with Gasteiger partial charge >= 0.3 is 0 Å². The molecule has 1 N–H and O–H groups in total. The molecule has 0 aliphatic heterocycles. The maximum atomic E-state index is 13.5. The molecule has 7 heteroatoms. The predicted octanol–water partition coefficient (Wildman–Crippen LogP) is 3.51. The first-order chi connectivity index (χ1) is 8.99. The Bertz CT molecular complexity index is 649. The van der Waals surface area contributed by atoms with Crippen LogP contribution in [0.4, 0.5) is 18.9 Å². The summed E-state index contributed by atoms with van der Waals surface area (Å²) in [6.45, 7) is 0. The van der Waals surface area contributed by atoms with Crippen molar-refractivity contribution in [3.8, 4) is 0 Å². The first-order valence-corrected chi connectivity index (χ1v) is 5.84. The molecule has 0 atom stereocenters. The summed E-state index contributed by atoms with van der Waals surface area (Å²) in [5.74, 6) is -3.49. The van der Waals surface area contributed by atoms with Crippen LogP contribution < -0.4 is 5.32 Å². The number of nitrogens with zero attached hydrogens (tertiary/aromatic N) is 1. The van der Waals surface area contributed by atoms with Gasteiger partial charge in [-0.25, -0.2) is 13.8 Å². The highest BCUT2D eigenvalue weighted by Gasteiger charge is 2.15. The molecule has 0 saturated carbocycles. The van der Waals surface area contributed by atoms with Gasteiger partial charge < -0.3 is 5.32 Å². The Balaban J connectivity index is 2.30. The summed E-state index contributed by atoms with van der Waals surface area (Å²) < 4.78 is 39.9. The van der Waals surface area contributed by atoms with Crippen molar-refractivity contribution >= 4 is 27.5 Å². The number of pyridine rings is 1. The van der Waals surface area contributed by atoms with Gasteiger partial charge in [0.15, 0.2) is 0 Å². The van der Waals surface area contributed by atoms with E-state index in [1.54, 1.807) is 0 Å². The minimum absolute atomic E-state index is 0.0736. The van der Waals surface area contributed by atoms with Crippen LogP contribution in [-0.4, -0.2) is 10.9 Å². The first kappa shape index (κ1) is 13.5. The van der Waals surface area contributed by atoms with Crippen LogP contribution in [0.1, 0.15) is 10.4 Å². The summed E-state index contributed by atoms with van der Waals surface area (Å²) in [6.07, 6.45) is 1.17. The van der Waals surface area contributed by atoms with Gasteiger partial charge in [-0.3, -0.25) is 4.79 Å². The van der Waals surface area contributed by atoms with Crippen LogP contribution in [-0.2, 0) is 0 Å². The second kappa shape index (κ2) is 5.40. The maximum Gasteiger partial charge on any atom is 0.260 e. The number of halogens is 4. The van der Waals surface area contributed by atoms with E-state index in [0.29, 0.717) is 0 Å². The van der Waals surface area contributed by atoms with E-state index in [9.17, 15) is 18.0 Å². The number of hydrogen-bond acceptors (Lipinski definition) is 2. The van der Waals surface area contributed by atoms with E-state index >= 15 is 0 Å². The molecular weight excluding hydrogens is 325 g/mol. The molecule has 1 aromatic heterocycles. The number of rotatable bonds is 2. The van der Waals surface area contributed by atoms with Crippen LogP contribution >= 0.6 is 15.9 Å². The number of aromatic nitrogens is 1. The molecule has 2 rings (SSSR count). The predicted molar refractivity (Wildman–Crippen MR) is 66.2 cm³/mol. The molecule has 0 radical (unpaired) electrons. The molecule has 0 spiro atoms. The third-order valence-electron chi connectivity index (χ3n) is 2.26. The van der Waals surface area contributed by atoms with E-state index in [2.05, 4.69) is 26.2 Å². The van der Waals surface area contributed by atoms with Gasteiger partial charge in [0, 0.05) is 12.3 Å². The Hall–Kier alpha value is -1.89. The summed E-state index contributed by atoms with van der Waals surface area (Å²) in [5, 5.41) is 2.08. The lowest BCUT2D eigenvalue weighted by molar-refractivity contribution is 0.102. The molecule has 19 heavy (non-hydrogen) atoms. The number of amides is 1. The largest absolute Gasteiger partial charge is 0.319 e. The lowest BCUT2D eigenvalue weighted by atomic mass is 10.2. The molecule has 0 aliphatic carbocycles. The monoisotopic (exact) mass is 330 g/mol. The number of carbonyl (C=O) groups is 1. The summed E-state index contributed by atoms with van der Waals surface area (Å²) in [4.78, 5) is 15.0. The van der Waals surface area contributed by atoms with Crippen molar-refractivity contribution in [1.29, 1.82) is 0 Å². The summed E-state index contributed by atoms with van der Waals surface area (Å²) >= 11 is 2.81. The molecule has 0 unspecified atom stereocenters. The average Bonchev–Trinajstić information content (AvgIpc) is 2.36. The Morgan fingerprint density at radius 3 is 2.63 bits per heavy atom. The van der Waals surface area contributed by atoms with Crippen LogP contribution in [0.3, 0.4) is 0 Å². The van der Waals surface area contributed by atoms with Crippen molar-refractivity contribution < 1.29 is 18.0 Å². The van der Waals surface area contributed by atoms with Crippen LogP contribution in [0.5, 0.6) is 0 Å². The lowest BCUT2D eigenvalue weighted by Gasteiger charge is -2.07. The Labute approximate surface area is 114 Å². The number of carbonyl (C=O) groups excluding carboxylic acids is 1. The normalized spacial score (nSPS) is 10.3. The summed E-state index contributed by atoms with van der Waals surface area (Å²) in [5.41, 5.74) is -0.737. The molecule has 98 valence electrons. The zero-order chi connectivity index (χ0) is 14.0. The number of benzene rings is 1. The van der Waals surface area contributed by atoms with E-state index in [1.165, 1.54) is 18.3 Å². The molecule has 0 aliphatic rings. The Morgan fingerprint density at radius 2 is 1.95 bits per heavy atom. The standard InChI is InChI=1S/C12H6BrF3N2O/c13-7-4-9(15)10(5-8(7)14)18-12(19)6-2-1-3-17-11(6)16/h1-5H,(H,18,19). The Kier molecular flexibility index (Phi) is 3.84. The zero-order valence-corrected chi connectivity index (χ0v) is 10.8. The van der Waals surface area contributed by atoms with Crippen molar-refractivity contribution in [2.24, 2.45) is 0 Å². The van der Waals surface area contributed by atoms with Gasteiger partial charge in [0.25, 0.3) is 5.91 Å². The average molecular weight is 331 g/mol. The SMILES string of the molecule is O=C(Nc1cc(F)c(Br)cc1F)c1cccnc1F. The second-order valence-corrected chi connectivity index (χ2v) is 4.40. The van der Waals surface area contributed by atoms with E-state index in [1.807, 2.05) is 0 Å². The van der Waals surface area contributed by atoms with Gasteiger partial charge in [-0.05, 0) is 34.1 Å². The van der Waals surface area contributed by atoms with E-state index in [0.717, 1.165) is 12.1 Å². The minimum atomic E-state index is -0.988.